The number of hydrogen-bond acceptors (Lipinski definition) is 4. The summed E-state index contributed by atoms with van der Waals surface area (Å²) in [5.41, 5.74) is 6.65. The van der Waals surface area contributed by atoms with E-state index in [-0.39, 0.29) is 5.91 Å². The number of thiazole rings is 1. The van der Waals surface area contributed by atoms with Gasteiger partial charge in [-0.15, -0.1) is 11.3 Å². The van der Waals surface area contributed by atoms with Gasteiger partial charge in [0, 0.05) is 24.8 Å². The molecule has 2 N–H and O–H groups in total. The summed E-state index contributed by atoms with van der Waals surface area (Å²) in [4.78, 5) is 18.3. The second kappa shape index (κ2) is 2.99. The van der Waals surface area contributed by atoms with Gasteiger partial charge in [0.05, 0.1) is 12.2 Å². The molecule has 1 amide bonds. The molecule has 0 aliphatic carbocycles. The Balaban J connectivity index is 2.24. The fourth-order valence-corrected chi connectivity index (χ4v) is 2.38. The summed E-state index contributed by atoms with van der Waals surface area (Å²) < 4.78 is 0. The fraction of sp³-hybridized carbons (Fsp3) is 0.500. The second-order valence-electron chi connectivity index (χ2n) is 3.11. The Kier molecular flexibility index (Phi) is 1.95. The zero-order valence-corrected chi connectivity index (χ0v) is 8.23. The van der Waals surface area contributed by atoms with Crippen LogP contribution in [-0.2, 0) is 17.8 Å². The lowest BCUT2D eigenvalue weighted by molar-refractivity contribution is -0.129. The minimum absolute atomic E-state index is 0.123. The van der Waals surface area contributed by atoms with Crippen molar-refractivity contribution in [1.29, 1.82) is 0 Å². The van der Waals surface area contributed by atoms with Crippen molar-refractivity contribution >= 4 is 22.4 Å². The van der Waals surface area contributed by atoms with Crippen LogP contribution in [0, 0.1) is 0 Å². The number of hydrogen-bond donors (Lipinski definition) is 1. The Morgan fingerprint density at radius 1 is 1.69 bits per heavy atom. The molecule has 0 bridgehead atoms. The molecule has 1 aromatic rings. The maximum Gasteiger partial charge on any atom is 0.219 e. The summed E-state index contributed by atoms with van der Waals surface area (Å²) in [6, 6.07) is 0. The summed E-state index contributed by atoms with van der Waals surface area (Å²) in [6.07, 6.45) is 0.836. The number of rotatable bonds is 0. The zero-order chi connectivity index (χ0) is 9.42. The molecule has 70 valence electrons. The highest BCUT2D eigenvalue weighted by atomic mass is 32.1. The van der Waals surface area contributed by atoms with Crippen LogP contribution in [0.3, 0.4) is 0 Å². The molecule has 0 fully saturated rings. The minimum atomic E-state index is 0.123. The third-order valence-electron chi connectivity index (χ3n) is 2.19. The van der Waals surface area contributed by atoms with Gasteiger partial charge in [0.15, 0.2) is 5.13 Å². The van der Waals surface area contributed by atoms with E-state index in [1.165, 1.54) is 11.3 Å². The van der Waals surface area contributed by atoms with Crippen molar-refractivity contribution in [3.8, 4) is 0 Å². The molecule has 0 saturated carbocycles. The summed E-state index contributed by atoms with van der Waals surface area (Å²) in [7, 11) is 0. The lowest BCUT2D eigenvalue weighted by Gasteiger charge is -2.24. The molecular formula is C8H11N3OS. The van der Waals surface area contributed by atoms with Crippen molar-refractivity contribution in [2.24, 2.45) is 0 Å². The van der Waals surface area contributed by atoms with Crippen molar-refractivity contribution in [2.45, 2.75) is 19.9 Å². The van der Waals surface area contributed by atoms with Crippen molar-refractivity contribution in [1.82, 2.24) is 9.88 Å². The Hall–Kier alpha value is -1.10. The van der Waals surface area contributed by atoms with Crippen LogP contribution >= 0.6 is 11.3 Å². The second-order valence-corrected chi connectivity index (χ2v) is 4.23. The highest BCUT2D eigenvalue weighted by Crippen LogP contribution is 2.26. The van der Waals surface area contributed by atoms with E-state index in [0.717, 1.165) is 23.5 Å². The first-order chi connectivity index (χ1) is 6.16. The Labute approximate surface area is 80.4 Å². The molecule has 0 atom stereocenters. The van der Waals surface area contributed by atoms with Crippen LogP contribution in [0.15, 0.2) is 0 Å². The van der Waals surface area contributed by atoms with Crippen molar-refractivity contribution in [2.75, 3.05) is 12.3 Å². The topological polar surface area (TPSA) is 59.2 Å². The van der Waals surface area contributed by atoms with E-state index >= 15 is 0 Å². The summed E-state index contributed by atoms with van der Waals surface area (Å²) >= 11 is 1.48. The third-order valence-corrected chi connectivity index (χ3v) is 3.10. The van der Waals surface area contributed by atoms with Gasteiger partial charge in [0.2, 0.25) is 5.91 Å². The molecule has 1 aromatic heterocycles. The van der Waals surface area contributed by atoms with E-state index < -0.39 is 0 Å². The Morgan fingerprint density at radius 3 is 3.15 bits per heavy atom. The molecule has 2 rings (SSSR count). The van der Waals surface area contributed by atoms with Gasteiger partial charge in [-0.2, -0.15) is 0 Å². The van der Waals surface area contributed by atoms with Crippen LogP contribution in [0.1, 0.15) is 17.5 Å². The van der Waals surface area contributed by atoms with E-state index in [1.807, 2.05) is 4.90 Å². The van der Waals surface area contributed by atoms with E-state index in [9.17, 15) is 4.79 Å². The van der Waals surface area contributed by atoms with Gasteiger partial charge in [-0.3, -0.25) is 4.79 Å². The number of nitrogens with zero attached hydrogens (tertiary/aromatic N) is 2. The molecule has 1 aliphatic heterocycles. The molecule has 0 unspecified atom stereocenters. The molecule has 0 spiro atoms. The quantitative estimate of drug-likeness (QED) is 0.663. The highest BCUT2D eigenvalue weighted by molar-refractivity contribution is 7.15. The average molecular weight is 197 g/mol. The normalized spacial score (nSPS) is 15.6. The van der Waals surface area contributed by atoms with Gasteiger partial charge < -0.3 is 10.6 Å². The van der Waals surface area contributed by atoms with Gasteiger partial charge in [-0.05, 0) is 0 Å². The number of carbonyl (C=O) groups excluding carboxylic acids is 1. The SMILES string of the molecule is CC(=O)N1CCc2nc(N)sc2C1. The lowest BCUT2D eigenvalue weighted by atomic mass is 10.2. The Morgan fingerprint density at radius 2 is 2.46 bits per heavy atom. The van der Waals surface area contributed by atoms with Gasteiger partial charge in [0.1, 0.15) is 0 Å². The fourth-order valence-electron chi connectivity index (χ4n) is 1.48. The smallest absolute Gasteiger partial charge is 0.219 e. The molecule has 13 heavy (non-hydrogen) atoms. The first-order valence-electron chi connectivity index (χ1n) is 4.16. The number of amides is 1. The highest BCUT2D eigenvalue weighted by Gasteiger charge is 2.21. The largest absolute Gasteiger partial charge is 0.375 e. The first kappa shape index (κ1) is 8.50. The predicted molar refractivity (Wildman–Crippen MR) is 51.3 cm³/mol. The van der Waals surface area contributed by atoms with E-state index in [2.05, 4.69) is 4.98 Å². The number of aromatic nitrogens is 1. The van der Waals surface area contributed by atoms with Gasteiger partial charge in [-0.25, -0.2) is 4.98 Å². The van der Waals surface area contributed by atoms with Crippen LogP contribution in [0.2, 0.25) is 0 Å². The lowest BCUT2D eigenvalue weighted by Crippen LogP contribution is -2.33. The number of anilines is 1. The van der Waals surface area contributed by atoms with Gasteiger partial charge >= 0.3 is 0 Å². The Bertz CT molecular complexity index is 347. The van der Waals surface area contributed by atoms with Crippen molar-refractivity contribution in [3.05, 3.63) is 10.6 Å². The first-order valence-corrected chi connectivity index (χ1v) is 4.98. The van der Waals surface area contributed by atoms with E-state index in [4.69, 9.17) is 5.73 Å². The van der Waals surface area contributed by atoms with E-state index in [0.29, 0.717) is 11.7 Å². The number of fused-ring (bicyclic) bond motifs is 1. The number of nitrogens with two attached hydrogens (primary N) is 1. The summed E-state index contributed by atoms with van der Waals surface area (Å²) in [5.74, 6) is 0.123. The molecule has 2 heterocycles. The van der Waals surface area contributed by atoms with Crippen molar-refractivity contribution in [3.63, 3.8) is 0 Å². The van der Waals surface area contributed by atoms with E-state index in [1.54, 1.807) is 6.92 Å². The number of nitrogen functional groups attached to an aromatic ring is 1. The maximum absolute atomic E-state index is 11.1. The zero-order valence-electron chi connectivity index (χ0n) is 7.41. The van der Waals surface area contributed by atoms with Gasteiger partial charge in [0.25, 0.3) is 0 Å². The molecule has 0 aromatic carbocycles. The van der Waals surface area contributed by atoms with Gasteiger partial charge in [-0.1, -0.05) is 0 Å². The summed E-state index contributed by atoms with van der Waals surface area (Å²) in [5, 5.41) is 0.607. The van der Waals surface area contributed by atoms with Crippen LogP contribution in [0.4, 0.5) is 5.13 Å². The number of carbonyl (C=O) groups is 1. The molecule has 0 saturated heterocycles. The van der Waals surface area contributed by atoms with Crippen molar-refractivity contribution < 1.29 is 4.79 Å². The predicted octanol–water partition coefficient (Wildman–Crippen LogP) is 0.630. The third kappa shape index (κ3) is 1.51. The van der Waals surface area contributed by atoms with Crippen LogP contribution in [0.25, 0.3) is 0 Å². The molecule has 1 aliphatic rings. The van der Waals surface area contributed by atoms with Crippen LogP contribution in [-0.4, -0.2) is 22.3 Å². The molecule has 5 heteroatoms. The standard InChI is InChI=1S/C8H11N3OS/c1-5(12)11-3-2-6-7(4-11)13-8(9)10-6/h2-4H2,1H3,(H2,9,10). The molecular weight excluding hydrogens is 186 g/mol. The molecule has 0 radical (unpaired) electrons. The maximum atomic E-state index is 11.1. The monoisotopic (exact) mass is 197 g/mol. The summed E-state index contributed by atoms with van der Waals surface area (Å²) in [6.45, 7) is 3.04. The van der Waals surface area contributed by atoms with Crippen LogP contribution < -0.4 is 5.73 Å². The van der Waals surface area contributed by atoms with Crippen LogP contribution in [0.5, 0.6) is 0 Å². The minimum Gasteiger partial charge on any atom is -0.375 e. The molecule has 4 nitrogen and oxygen atoms in total. The average Bonchev–Trinajstić information content (AvgIpc) is 2.42.